The molecule has 0 N–H and O–H groups in total. The molecule has 5 nitrogen and oxygen atoms in total. The molecule has 2 rings (SSSR count). The number of hydrogen-bond acceptors (Lipinski definition) is 5. The Morgan fingerprint density at radius 3 is 2.88 bits per heavy atom. The van der Waals surface area contributed by atoms with Crippen LogP contribution in [0.15, 0.2) is 18.3 Å². The standard InChI is InChI=1S/C11H16N2O3S/c1-13-8-4-6-10(13)9-5-3-7-12-11(9)16-17(2,14)15/h3,5,7,10H,4,6,8H2,1-2H3/t10-/m0/s1. The van der Waals surface area contributed by atoms with Crippen LogP contribution in [0.2, 0.25) is 0 Å². The Bertz CT molecular complexity index is 501. The lowest BCUT2D eigenvalue weighted by Gasteiger charge is -2.21. The van der Waals surface area contributed by atoms with E-state index in [1.165, 1.54) is 0 Å². The molecule has 6 heteroatoms. The van der Waals surface area contributed by atoms with Crippen molar-refractivity contribution in [2.75, 3.05) is 19.8 Å². The third-order valence-corrected chi connectivity index (χ3v) is 3.37. The molecule has 1 fully saturated rings. The van der Waals surface area contributed by atoms with Crippen LogP contribution in [0.4, 0.5) is 0 Å². The van der Waals surface area contributed by atoms with Crippen LogP contribution in [0.1, 0.15) is 24.4 Å². The van der Waals surface area contributed by atoms with Gasteiger partial charge in [-0.05, 0) is 32.5 Å². The Balaban J connectivity index is 2.33. The molecule has 0 aliphatic carbocycles. The zero-order chi connectivity index (χ0) is 12.5. The van der Waals surface area contributed by atoms with Gasteiger partial charge in [-0.1, -0.05) is 6.07 Å². The molecule has 1 aromatic rings. The molecular weight excluding hydrogens is 240 g/mol. The second-order valence-corrected chi connectivity index (χ2v) is 5.90. The van der Waals surface area contributed by atoms with E-state index in [1.807, 2.05) is 13.1 Å². The summed E-state index contributed by atoms with van der Waals surface area (Å²) in [5, 5.41) is 0. The topological polar surface area (TPSA) is 59.5 Å². The van der Waals surface area contributed by atoms with Gasteiger partial charge in [0, 0.05) is 17.8 Å². The highest BCUT2D eigenvalue weighted by Crippen LogP contribution is 2.34. The van der Waals surface area contributed by atoms with Crippen LogP contribution in [0.5, 0.6) is 5.88 Å². The van der Waals surface area contributed by atoms with E-state index >= 15 is 0 Å². The minimum atomic E-state index is -3.53. The van der Waals surface area contributed by atoms with Crippen molar-refractivity contribution in [2.45, 2.75) is 18.9 Å². The molecule has 1 saturated heterocycles. The minimum absolute atomic E-state index is 0.195. The SMILES string of the molecule is CN1CCC[C@H]1c1cccnc1OS(C)(=O)=O. The first-order valence-electron chi connectivity index (χ1n) is 5.52. The lowest BCUT2D eigenvalue weighted by atomic mass is 10.1. The van der Waals surface area contributed by atoms with E-state index in [1.54, 1.807) is 12.3 Å². The third-order valence-electron chi connectivity index (χ3n) is 2.91. The number of nitrogens with zero attached hydrogens (tertiary/aromatic N) is 2. The summed E-state index contributed by atoms with van der Waals surface area (Å²) >= 11 is 0. The molecule has 94 valence electrons. The Morgan fingerprint density at radius 2 is 2.29 bits per heavy atom. The van der Waals surface area contributed by atoms with Gasteiger partial charge < -0.3 is 4.18 Å². The quantitative estimate of drug-likeness (QED) is 0.760. The molecule has 17 heavy (non-hydrogen) atoms. The molecule has 0 aromatic carbocycles. The van der Waals surface area contributed by atoms with Crippen molar-refractivity contribution in [3.8, 4) is 5.88 Å². The van der Waals surface area contributed by atoms with Crippen LogP contribution in [0.25, 0.3) is 0 Å². The molecule has 0 spiro atoms. The fourth-order valence-corrected chi connectivity index (χ4v) is 2.60. The maximum atomic E-state index is 11.2. The van der Waals surface area contributed by atoms with Crippen molar-refractivity contribution in [3.63, 3.8) is 0 Å². The van der Waals surface area contributed by atoms with E-state index in [-0.39, 0.29) is 11.9 Å². The molecule has 0 radical (unpaired) electrons. The predicted octanol–water partition coefficient (Wildman–Crippen LogP) is 1.19. The van der Waals surface area contributed by atoms with Crippen LogP contribution in [0.3, 0.4) is 0 Å². The van der Waals surface area contributed by atoms with Gasteiger partial charge in [-0.15, -0.1) is 0 Å². The zero-order valence-electron chi connectivity index (χ0n) is 9.96. The smallest absolute Gasteiger partial charge is 0.307 e. The highest BCUT2D eigenvalue weighted by molar-refractivity contribution is 7.86. The molecular formula is C11H16N2O3S. The molecule has 1 atom stereocenters. The van der Waals surface area contributed by atoms with E-state index in [4.69, 9.17) is 4.18 Å². The molecule has 1 aliphatic heterocycles. The minimum Gasteiger partial charge on any atom is -0.361 e. The maximum absolute atomic E-state index is 11.2. The number of hydrogen-bond donors (Lipinski definition) is 0. The molecule has 0 amide bonds. The Hall–Kier alpha value is -1.14. The number of pyridine rings is 1. The largest absolute Gasteiger partial charge is 0.361 e. The van der Waals surface area contributed by atoms with Crippen molar-refractivity contribution < 1.29 is 12.6 Å². The van der Waals surface area contributed by atoms with E-state index < -0.39 is 10.1 Å². The molecule has 2 heterocycles. The predicted molar refractivity (Wildman–Crippen MR) is 64.3 cm³/mol. The van der Waals surface area contributed by atoms with E-state index in [9.17, 15) is 8.42 Å². The lowest BCUT2D eigenvalue weighted by Crippen LogP contribution is -2.19. The van der Waals surface area contributed by atoms with Gasteiger partial charge in [0.05, 0.1) is 6.26 Å². The normalized spacial score (nSPS) is 21.6. The van der Waals surface area contributed by atoms with Crippen LogP contribution in [-0.2, 0) is 10.1 Å². The average Bonchev–Trinajstić information content (AvgIpc) is 2.63. The Kier molecular flexibility index (Phi) is 3.35. The summed E-state index contributed by atoms with van der Waals surface area (Å²) in [5.41, 5.74) is 0.845. The summed E-state index contributed by atoms with van der Waals surface area (Å²) in [5.74, 6) is 0.203. The Labute approximate surface area is 102 Å². The van der Waals surface area contributed by atoms with Crippen molar-refractivity contribution >= 4 is 10.1 Å². The second-order valence-electron chi connectivity index (χ2n) is 4.32. The Morgan fingerprint density at radius 1 is 1.53 bits per heavy atom. The van der Waals surface area contributed by atoms with Crippen LogP contribution in [-0.4, -0.2) is 38.1 Å². The molecule has 0 bridgehead atoms. The first-order valence-corrected chi connectivity index (χ1v) is 7.33. The van der Waals surface area contributed by atoms with Gasteiger partial charge in [0.25, 0.3) is 0 Å². The van der Waals surface area contributed by atoms with Gasteiger partial charge in [0.2, 0.25) is 5.88 Å². The fraction of sp³-hybridized carbons (Fsp3) is 0.545. The lowest BCUT2D eigenvalue weighted by molar-refractivity contribution is 0.311. The summed E-state index contributed by atoms with van der Waals surface area (Å²) in [6.07, 6.45) is 4.68. The summed E-state index contributed by atoms with van der Waals surface area (Å²) in [6.45, 7) is 1.01. The van der Waals surface area contributed by atoms with E-state index in [0.29, 0.717) is 0 Å². The van der Waals surface area contributed by atoms with Gasteiger partial charge in [0.1, 0.15) is 0 Å². The van der Waals surface area contributed by atoms with Gasteiger partial charge in [0.15, 0.2) is 0 Å². The van der Waals surface area contributed by atoms with Crippen LogP contribution < -0.4 is 4.18 Å². The maximum Gasteiger partial charge on any atom is 0.307 e. The molecule has 1 aliphatic rings. The first kappa shape index (κ1) is 12.3. The van der Waals surface area contributed by atoms with Gasteiger partial charge in [-0.3, -0.25) is 4.90 Å². The van der Waals surface area contributed by atoms with Gasteiger partial charge >= 0.3 is 10.1 Å². The van der Waals surface area contributed by atoms with E-state index in [0.717, 1.165) is 31.2 Å². The van der Waals surface area contributed by atoms with Crippen LogP contribution >= 0.6 is 0 Å². The zero-order valence-corrected chi connectivity index (χ0v) is 10.8. The van der Waals surface area contributed by atoms with Crippen molar-refractivity contribution in [3.05, 3.63) is 23.9 Å². The molecule has 0 unspecified atom stereocenters. The van der Waals surface area contributed by atoms with E-state index in [2.05, 4.69) is 9.88 Å². The number of aromatic nitrogens is 1. The van der Waals surface area contributed by atoms with Crippen LogP contribution in [0, 0.1) is 0 Å². The molecule has 0 saturated carbocycles. The van der Waals surface area contributed by atoms with Crippen molar-refractivity contribution in [1.82, 2.24) is 9.88 Å². The monoisotopic (exact) mass is 256 g/mol. The summed E-state index contributed by atoms with van der Waals surface area (Å²) < 4.78 is 27.3. The highest BCUT2D eigenvalue weighted by atomic mass is 32.2. The summed E-state index contributed by atoms with van der Waals surface area (Å²) in [6, 6.07) is 3.87. The van der Waals surface area contributed by atoms with Gasteiger partial charge in [-0.2, -0.15) is 8.42 Å². The summed E-state index contributed by atoms with van der Waals surface area (Å²) in [7, 11) is -1.51. The fourth-order valence-electron chi connectivity index (χ4n) is 2.17. The summed E-state index contributed by atoms with van der Waals surface area (Å²) in [4.78, 5) is 6.20. The third kappa shape index (κ3) is 2.95. The second kappa shape index (κ2) is 4.62. The number of rotatable bonds is 3. The van der Waals surface area contributed by atoms with Crippen molar-refractivity contribution in [2.24, 2.45) is 0 Å². The van der Waals surface area contributed by atoms with Crippen molar-refractivity contribution in [1.29, 1.82) is 0 Å². The van der Waals surface area contributed by atoms with Gasteiger partial charge in [-0.25, -0.2) is 4.98 Å². The highest BCUT2D eigenvalue weighted by Gasteiger charge is 2.26. The molecule has 1 aromatic heterocycles. The number of likely N-dealkylation sites (tertiary alicyclic amines) is 1. The first-order chi connectivity index (χ1) is 7.97. The average molecular weight is 256 g/mol.